The molecule has 1 aromatic rings. The second kappa shape index (κ2) is 3.32. The van der Waals surface area contributed by atoms with E-state index in [1.807, 2.05) is 0 Å². The van der Waals surface area contributed by atoms with E-state index in [1.54, 1.807) is 18.4 Å². The molecule has 1 aliphatic rings. The summed E-state index contributed by atoms with van der Waals surface area (Å²) in [4.78, 5) is 11.1. The molecule has 0 spiro atoms. The summed E-state index contributed by atoms with van der Waals surface area (Å²) in [6.07, 6.45) is 4.90. The minimum absolute atomic E-state index is 0.395. The van der Waals surface area contributed by atoms with Crippen molar-refractivity contribution in [2.75, 3.05) is 0 Å². The van der Waals surface area contributed by atoms with Crippen molar-refractivity contribution in [2.24, 2.45) is 0 Å². The van der Waals surface area contributed by atoms with Crippen LogP contribution >= 0.6 is 0 Å². The first-order valence-electron chi connectivity index (χ1n) is 5.17. The zero-order valence-corrected chi connectivity index (χ0v) is 8.97. The Morgan fingerprint density at radius 2 is 2.27 bits per heavy atom. The van der Waals surface area contributed by atoms with E-state index < -0.39 is 11.5 Å². The lowest BCUT2D eigenvalue weighted by Crippen LogP contribution is -2.37. The van der Waals surface area contributed by atoms with Gasteiger partial charge in [0.25, 0.3) is 0 Å². The molecule has 1 aliphatic carbocycles. The van der Waals surface area contributed by atoms with Crippen LogP contribution in [0.15, 0.2) is 6.33 Å². The molecule has 0 aromatic carbocycles. The average molecular weight is 209 g/mol. The predicted molar refractivity (Wildman–Crippen MR) is 53.6 cm³/mol. The van der Waals surface area contributed by atoms with Gasteiger partial charge >= 0.3 is 5.97 Å². The van der Waals surface area contributed by atoms with Crippen LogP contribution in [0.25, 0.3) is 0 Å². The Hall–Kier alpha value is -1.39. The first-order chi connectivity index (χ1) is 7.03. The summed E-state index contributed by atoms with van der Waals surface area (Å²) >= 11 is 0. The van der Waals surface area contributed by atoms with Crippen LogP contribution in [0.2, 0.25) is 0 Å². The van der Waals surface area contributed by atoms with E-state index >= 15 is 0 Å². The van der Waals surface area contributed by atoms with Gasteiger partial charge in [-0.05, 0) is 26.7 Å². The molecule has 1 heterocycles. The van der Waals surface area contributed by atoms with Crippen LogP contribution in [0.1, 0.15) is 44.9 Å². The molecular formula is C10H15N3O2. The van der Waals surface area contributed by atoms with Gasteiger partial charge < -0.3 is 9.67 Å². The molecule has 1 saturated carbocycles. The highest BCUT2D eigenvalue weighted by atomic mass is 16.4. The third kappa shape index (κ3) is 1.52. The first kappa shape index (κ1) is 10.1. The van der Waals surface area contributed by atoms with E-state index in [0.29, 0.717) is 5.92 Å². The van der Waals surface area contributed by atoms with Crippen molar-refractivity contribution in [3.63, 3.8) is 0 Å². The van der Waals surface area contributed by atoms with Crippen LogP contribution in [0.4, 0.5) is 0 Å². The first-order valence-corrected chi connectivity index (χ1v) is 5.17. The molecule has 0 aliphatic heterocycles. The number of aromatic nitrogens is 3. The van der Waals surface area contributed by atoms with Crippen LogP contribution in [-0.4, -0.2) is 25.8 Å². The summed E-state index contributed by atoms with van der Waals surface area (Å²) in [5.74, 6) is 0.350. The summed E-state index contributed by atoms with van der Waals surface area (Å²) in [5, 5.41) is 17.0. The molecule has 1 aromatic heterocycles. The van der Waals surface area contributed by atoms with Crippen molar-refractivity contribution in [3.8, 4) is 0 Å². The molecule has 1 N–H and O–H groups in total. The molecule has 0 unspecified atom stereocenters. The van der Waals surface area contributed by atoms with Crippen LogP contribution in [0.3, 0.4) is 0 Å². The van der Waals surface area contributed by atoms with E-state index in [2.05, 4.69) is 10.2 Å². The van der Waals surface area contributed by atoms with Crippen LogP contribution in [0.5, 0.6) is 0 Å². The number of carboxylic acids is 1. The monoisotopic (exact) mass is 209 g/mol. The third-order valence-corrected chi connectivity index (χ3v) is 3.17. The number of carbonyl (C=O) groups is 1. The molecule has 0 amide bonds. The molecule has 2 rings (SSSR count). The molecule has 1 fully saturated rings. The number of nitrogens with zero attached hydrogens (tertiary/aromatic N) is 3. The Morgan fingerprint density at radius 1 is 1.60 bits per heavy atom. The zero-order chi connectivity index (χ0) is 11.1. The Labute approximate surface area is 88.1 Å². The van der Waals surface area contributed by atoms with Gasteiger partial charge in [0, 0.05) is 5.92 Å². The van der Waals surface area contributed by atoms with E-state index in [9.17, 15) is 4.79 Å². The van der Waals surface area contributed by atoms with E-state index in [1.165, 1.54) is 12.7 Å². The molecule has 82 valence electrons. The minimum Gasteiger partial charge on any atom is -0.480 e. The highest BCUT2D eigenvalue weighted by molar-refractivity contribution is 5.75. The highest BCUT2D eigenvalue weighted by Gasteiger charge is 2.35. The van der Waals surface area contributed by atoms with Crippen molar-refractivity contribution in [3.05, 3.63) is 12.2 Å². The fourth-order valence-electron chi connectivity index (χ4n) is 1.72. The lowest BCUT2D eigenvalue weighted by Gasteiger charge is -2.29. The molecule has 0 bridgehead atoms. The summed E-state index contributed by atoms with van der Waals surface area (Å²) in [6, 6.07) is 0. The van der Waals surface area contributed by atoms with Gasteiger partial charge in [-0.3, -0.25) is 0 Å². The smallest absolute Gasteiger partial charge is 0.329 e. The number of aliphatic carboxylic acids is 1. The van der Waals surface area contributed by atoms with Gasteiger partial charge in [0.1, 0.15) is 17.7 Å². The predicted octanol–water partition coefficient (Wildman–Crippen LogP) is 1.37. The summed E-state index contributed by atoms with van der Waals surface area (Å²) in [5.41, 5.74) is -0.964. The Kier molecular flexibility index (Phi) is 2.25. The maximum atomic E-state index is 11.1. The summed E-state index contributed by atoms with van der Waals surface area (Å²) in [6.45, 7) is 3.34. The van der Waals surface area contributed by atoms with Gasteiger partial charge in [-0.2, -0.15) is 0 Å². The quantitative estimate of drug-likeness (QED) is 0.816. The van der Waals surface area contributed by atoms with Crippen molar-refractivity contribution < 1.29 is 9.90 Å². The second-order valence-electron chi connectivity index (χ2n) is 4.55. The summed E-state index contributed by atoms with van der Waals surface area (Å²) < 4.78 is 1.68. The van der Waals surface area contributed by atoms with Crippen molar-refractivity contribution in [1.82, 2.24) is 14.8 Å². The molecule has 15 heavy (non-hydrogen) atoms. The van der Waals surface area contributed by atoms with Crippen LogP contribution in [0, 0.1) is 0 Å². The van der Waals surface area contributed by atoms with E-state index in [-0.39, 0.29) is 0 Å². The largest absolute Gasteiger partial charge is 0.480 e. The fourth-order valence-corrected chi connectivity index (χ4v) is 1.72. The zero-order valence-electron chi connectivity index (χ0n) is 8.97. The van der Waals surface area contributed by atoms with Crippen molar-refractivity contribution in [1.29, 1.82) is 0 Å². The average Bonchev–Trinajstić information content (AvgIpc) is 2.49. The van der Waals surface area contributed by atoms with Crippen LogP contribution < -0.4 is 0 Å². The SMILES string of the molecule is CC(C)(C(=O)O)n1cnnc1C1CCC1. The highest BCUT2D eigenvalue weighted by Crippen LogP contribution is 2.36. The number of carboxylic acid groups (broad SMARTS) is 1. The summed E-state index contributed by atoms with van der Waals surface area (Å²) in [7, 11) is 0. The molecule has 5 nitrogen and oxygen atoms in total. The van der Waals surface area contributed by atoms with Gasteiger partial charge in [0.2, 0.25) is 0 Å². The van der Waals surface area contributed by atoms with Gasteiger partial charge in [0.05, 0.1) is 0 Å². The minimum atomic E-state index is -0.964. The Balaban J connectivity index is 2.35. The maximum Gasteiger partial charge on any atom is 0.329 e. The number of hydrogen-bond acceptors (Lipinski definition) is 3. The lowest BCUT2D eigenvalue weighted by molar-refractivity contribution is -0.145. The lowest BCUT2D eigenvalue weighted by atomic mass is 9.84. The number of hydrogen-bond donors (Lipinski definition) is 1. The van der Waals surface area contributed by atoms with Crippen molar-refractivity contribution >= 4 is 5.97 Å². The third-order valence-electron chi connectivity index (χ3n) is 3.17. The van der Waals surface area contributed by atoms with Gasteiger partial charge in [0.15, 0.2) is 0 Å². The fraction of sp³-hybridized carbons (Fsp3) is 0.700. The molecular weight excluding hydrogens is 194 g/mol. The second-order valence-corrected chi connectivity index (χ2v) is 4.55. The molecule has 0 atom stereocenters. The van der Waals surface area contributed by atoms with Crippen LogP contribution in [-0.2, 0) is 10.3 Å². The van der Waals surface area contributed by atoms with Crippen molar-refractivity contribution in [2.45, 2.75) is 44.6 Å². The maximum absolute atomic E-state index is 11.1. The number of rotatable bonds is 3. The Morgan fingerprint density at radius 3 is 2.73 bits per heavy atom. The van der Waals surface area contributed by atoms with Gasteiger partial charge in [-0.15, -0.1) is 10.2 Å². The van der Waals surface area contributed by atoms with Gasteiger partial charge in [-0.1, -0.05) is 6.42 Å². The Bertz CT molecular complexity index is 380. The normalized spacial score (nSPS) is 17.5. The van der Waals surface area contributed by atoms with E-state index in [4.69, 9.17) is 5.11 Å². The van der Waals surface area contributed by atoms with Gasteiger partial charge in [-0.25, -0.2) is 4.79 Å². The molecule has 0 saturated heterocycles. The van der Waals surface area contributed by atoms with E-state index in [0.717, 1.165) is 18.7 Å². The molecule has 5 heteroatoms. The molecule has 0 radical (unpaired) electrons. The standard InChI is InChI=1S/C10H15N3O2/c1-10(2,9(14)15)13-6-11-12-8(13)7-4-3-5-7/h6-7H,3-5H2,1-2H3,(H,14,15). The topological polar surface area (TPSA) is 68.0 Å².